The first-order valence-electron chi connectivity index (χ1n) is 5.42. The van der Waals surface area contributed by atoms with Gasteiger partial charge in [0.2, 0.25) is 0 Å². The van der Waals surface area contributed by atoms with Crippen LogP contribution in [0, 0.1) is 5.92 Å². The van der Waals surface area contributed by atoms with Crippen molar-refractivity contribution >= 4 is 23.2 Å². The highest BCUT2D eigenvalue weighted by molar-refractivity contribution is 6.42. The van der Waals surface area contributed by atoms with E-state index in [-0.39, 0.29) is 0 Å². The van der Waals surface area contributed by atoms with Gasteiger partial charge in [-0.15, -0.1) is 0 Å². The van der Waals surface area contributed by atoms with Gasteiger partial charge >= 0.3 is 0 Å². The first-order valence-corrected chi connectivity index (χ1v) is 6.18. The van der Waals surface area contributed by atoms with Crippen LogP contribution in [-0.4, -0.2) is 12.6 Å². The van der Waals surface area contributed by atoms with Gasteiger partial charge in [0, 0.05) is 19.1 Å². The smallest absolute Gasteiger partial charge is 0.0637 e. The number of nitrogens with two attached hydrogens (primary N) is 1. The highest BCUT2D eigenvalue weighted by atomic mass is 35.5. The molecule has 1 aromatic rings. The van der Waals surface area contributed by atoms with Crippen molar-refractivity contribution in [2.75, 3.05) is 6.54 Å². The second-order valence-corrected chi connectivity index (χ2v) is 4.97. The number of hydrogen-bond donors (Lipinski definition) is 2. The Morgan fingerprint density at radius 1 is 1.31 bits per heavy atom. The monoisotopic (exact) mass is 260 g/mol. The summed E-state index contributed by atoms with van der Waals surface area (Å²) in [5.41, 5.74) is 6.69. The quantitative estimate of drug-likeness (QED) is 0.854. The molecule has 0 aliphatic rings. The Labute approximate surface area is 107 Å². The van der Waals surface area contributed by atoms with Gasteiger partial charge in [0.1, 0.15) is 0 Å². The third-order valence-electron chi connectivity index (χ3n) is 2.64. The Morgan fingerprint density at radius 2 is 2.00 bits per heavy atom. The Bertz CT molecular complexity index is 340. The third-order valence-corrected chi connectivity index (χ3v) is 3.50. The maximum atomic E-state index is 6.10. The maximum Gasteiger partial charge on any atom is 0.0637 e. The summed E-state index contributed by atoms with van der Waals surface area (Å²) in [5.74, 6) is 0.503. The molecule has 0 radical (unpaired) electrons. The van der Waals surface area contributed by atoms with E-state index in [4.69, 9.17) is 28.9 Å². The largest absolute Gasteiger partial charge is 0.329 e. The fourth-order valence-corrected chi connectivity index (χ4v) is 1.90. The second-order valence-electron chi connectivity index (χ2n) is 4.18. The molecule has 4 heteroatoms. The van der Waals surface area contributed by atoms with Crippen LogP contribution in [0.1, 0.15) is 19.4 Å². The van der Waals surface area contributed by atoms with E-state index in [1.165, 1.54) is 0 Å². The molecule has 90 valence electrons. The minimum absolute atomic E-state index is 0.301. The summed E-state index contributed by atoms with van der Waals surface area (Å²) in [5, 5.41) is 4.60. The van der Waals surface area contributed by atoms with E-state index in [0.29, 0.717) is 35.1 Å². The van der Waals surface area contributed by atoms with Crippen molar-refractivity contribution < 1.29 is 0 Å². The molecular weight excluding hydrogens is 243 g/mol. The van der Waals surface area contributed by atoms with E-state index < -0.39 is 0 Å². The molecule has 3 N–H and O–H groups in total. The molecule has 1 atom stereocenters. The van der Waals surface area contributed by atoms with Crippen LogP contribution in [-0.2, 0) is 6.54 Å². The minimum atomic E-state index is 0.301. The molecule has 1 unspecified atom stereocenters. The molecule has 2 nitrogen and oxygen atoms in total. The molecule has 1 rings (SSSR count). The summed E-state index contributed by atoms with van der Waals surface area (Å²) in [4.78, 5) is 0. The van der Waals surface area contributed by atoms with Gasteiger partial charge in [0.25, 0.3) is 0 Å². The lowest BCUT2D eigenvalue weighted by molar-refractivity contribution is 0.405. The summed E-state index contributed by atoms with van der Waals surface area (Å²) < 4.78 is 0. The van der Waals surface area contributed by atoms with Crippen molar-refractivity contribution in [3.63, 3.8) is 0 Å². The van der Waals surface area contributed by atoms with Crippen LogP contribution in [0.3, 0.4) is 0 Å². The lowest BCUT2D eigenvalue weighted by Gasteiger charge is -2.21. The molecule has 0 saturated carbocycles. The van der Waals surface area contributed by atoms with Crippen LogP contribution in [0.15, 0.2) is 18.2 Å². The molecule has 0 spiro atoms. The molecule has 0 saturated heterocycles. The summed E-state index contributed by atoms with van der Waals surface area (Å²) in [6.45, 7) is 5.60. The van der Waals surface area contributed by atoms with Crippen molar-refractivity contribution in [1.29, 1.82) is 0 Å². The Morgan fingerprint density at radius 3 is 2.56 bits per heavy atom. The zero-order valence-electron chi connectivity index (χ0n) is 9.63. The van der Waals surface area contributed by atoms with Crippen molar-refractivity contribution in [1.82, 2.24) is 5.32 Å². The average molecular weight is 261 g/mol. The standard InChI is InChI=1S/C12H18Cl2N2/c1-8(2)11(6-15)16-7-9-4-3-5-10(13)12(9)14/h3-5,8,11,16H,6-7,15H2,1-2H3. The predicted octanol–water partition coefficient (Wildman–Crippen LogP) is 3.07. The van der Waals surface area contributed by atoms with Crippen molar-refractivity contribution in [3.05, 3.63) is 33.8 Å². The normalized spacial score (nSPS) is 13.1. The highest BCUT2D eigenvalue weighted by Crippen LogP contribution is 2.25. The van der Waals surface area contributed by atoms with Gasteiger partial charge in [-0.2, -0.15) is 0 Å². The number of nitrogens with one attached hydrogen (secondary N) is 1. The van der Waals surface area contributed by atoms with Gasteiger partial charge in [-0.05, 0) is 17.5 Å². The number of rotatable bonds is 5. The van der Waals surface area contributed by atoms with E-state index >= 15 is 0 Å². The van der Waals surface area contributed by atoms with Crippen molar-refractivity contribution in [2.45, 2.75) is 26.4 Å². The van der Waals surface area contributed by atoms with Crippen LogP contribution in [0.25, 0.3) is 0 Å². The molecule has 1 aromatic carbocycles. The van der Waals surface area contributed by atoms with Gasteiger partial charge in [-0.25, -0.2) is 0 Å². The fraction of sp³-hybridized carbons (Fsp3) is 0.500. The molecule has 0 bridgehead atoms. The van der Waals surface area contributed by atoms with Crippen LogP contribution < -0.4 is 11.1 Å². The number of hydrogen-bond acceptors (Lipinski definition) is 2. The molecule has 0 aliphatic heterocycles. The topological polar surface area (TPSA) is 38.0 Å². The molecule has 0 fully saturated rings. The van der Waals surface area contributed by atoms with Crippen LogP contribution in [0.2, 0.25) is 10.0 Å². The fourth-order valence-electron chi connectivity index (χ4n) is 1.52. The summed E-state index contributed by atoms with van der Waals surface area (Å²) >= 11 is 12.0. The maximum absolute atomic E-state index is 6.10. The van der Waals surface area contributed by atoms with Crippen LogP contribution >= 0.6 is 23.2 Å². The van der Waals surface area contributed by atoms with E-state index in [9.17, 15) is 0 Å². The van der Waals surface area contributed by atoms with Crippen LogP contribution in [0.4, 0.5) is 0 Å². The third kappa shape index (κ3) is 3.63. The predicted molar refractivity (Wildman–Crippen MR) is 71.0 cm³/mol. The minimum Gasteiger partial charge on any atom is -0.329 e. The molecule has 0 amide bonds. The van der Waals surface area contributed by atoms with Gasteiger partial charge < -0.3 is 11.1 Å². The number of halogens is 2. The molecular formula is C12H18Cl2N2. The zero-order chi connectivity index (χ0) is 12.1. The Hall–Kier alpha value is -0.280. The average Bonchev–Trinajstić information content (AvgIpc) is 2.24. The molecule has 0 heterocycles. The molecule has 16 heavy (non-hydrogen) atoms. The zero-order valence-corrected chi connectivity index (χ0v) is 11.1. The lowest BCUT2D eigenvalue weighted by atomic mass is 10.0. The lowest BCUT2D eigenvalue weighted by Crippen LogP contribution is -2.39. The summed E-state index contributed by atoms with van der Waals surface area (Å²) in [6.07, 6.45) is 0. The van der Waals surface area contributed by atoms with E-state index in [2.05, 4.69) is 19.2 Å². The van der Waals surface area contributed by atoms with Gasteiger partial charge in [-0.3, -0.25) is 0 Å². The number of benzene rings is 1. The molecule has 0 aromatic heterocycles. The van der Waals surface area contributed by atoms with Crippen molar-refractivity contribution in [2.24, 2.45) is 11.7 Å². The Balaban J connectivity index is 2.64. The summed E-state index contributed by atoms with van der Waals surface area (Å²) in [6, 6.07) is 5.96. The van der Waals surface area contributed by atoms with Gasteiger partial charge in [0.15, 0.2) is 0 Å². The van der Waals surface area contributed by atoms with Crippen LogP contribution in [0.5, 0.6) is 0 Å². The van der Waals surface area contributed by atoms with E-state index in [1.54, 1.807) is 6.07 Å². The summed E-state index contributed by atoms with van der Waals surface area (Å²) in [7, 11) is 0. The first kappa shape index (κ1) is 13.8. The van der Waals surface area contributed by atoms with E-state index in [0.717, 1.165) is 5.56 Å². The SMILES string of the molecule is CC(C)C(CN)NCc1cccc(Cl)c1Cl. The van der Waals surface area contributed by atoms with Gasteiger partial charge in [-0.1, -0.05) is 49.2 Å². The first-order chi connectivity index (χ1) is 7.56. The molecule has 0 aliphatic carbocycles. The van der Waals surface area contributed by atoms with Gasteiger partial charge in [0.05, 0.1) is 10.0 Å². The van der Waals surface area contributed by atoms with Crippen molar-refractivity contribution in [3.8, 4) is 0 Å². The second kappa shape index (κ2) is 6.45. The highest BCUT2D eigenvalue weighted by Gasteiger charge is 2.11. The Kier molecular flexibility index (Phi) is 5.56. The van der Waals surface area contributed by atoms with E-state index in [1.807, 2.05) is 12.1 Å².